The van der Waals surface area contributed by atoms with Crippen molar-refractivity contribution in [2.24, 2.45) is 5.73 Å². The molecule has 0 aliphatic carbocycles. The molecule has 1 unspecified atom stereocenters. The van der Waals surface area contributed by atoms with Gasteiger partial charge in [0.05, 0.1) is 18.1 Å². The van der Waals surface area contributed by atoms with Gasteiger partial charge < -0.3 is 15.2 Å². The molecule has 0 saturated heterocycles. The first-order chi connectivity index (χ1) is 11.0. The Morgan fingerprint density at radius 3 is 2.83 bits per heavy atom. The summed E-state index contributed by atoms with van der Waals surface area (Å²) >= 11 is 4.86. The van der Waals surface area contributed by atoms with Crippen LogP contribution in [0.3, 0.4) is 0 Å². The Morgan fingerprint density at radius 1 is 1.57 bits per heavy atom. The minimum atomic E-state index is -0.550. The van der Waals surface area contributed by atoms with E-state index in [9.17, 15) is 10.1 Å². The summed E-state index contributed by atoms with van der Waals surface area (Å²) in [5, 5.41) is 11.4. The third kappa shape index (κ3) is 3.59. The van der Waals surface area contributed by atoms with Crippen molar-refractivity contribution < 1.29 is 14.3 Å². The van der Waals surface area contributed by atoms with Gasteiger partial charge in [0.1, 0.15) is 17.4 Å². The number of nitriles is 1. The van der Waals surface area contributed by atoms with Crippen LogP contribution in [-0.2, 0) is 14.3 Å². The van der Waals surface area contributed by atoms with Gasteiger partial charge in [0, 0.05) is 21.2 Å². The number of esters is 1. The van der Waals surface area contributed by atoms with Crippen LogP contribution < -0.4 is 5.73 Å². The van der Waals surface area contributed by atoms with Gasteiger partial charge in [-0.25, -0.2) is 4.79 Å². The summed E-state index contributed by atoms with van der Waals surface area (Å²) in [6.07, 6.45) is 1.34. The van der Waals surface area contributed by atoms with Gasteiger partial charge in [0.2, 0.25) is 5.88 Å². The fraction of sp³-hybridized carbons (Fsp3) is 0.375. The van der Waals surface area contributed by atoms with E-state index < -0.39 is 11.9 Å². The molecule has 1 atom stereocenters. The summed E-state index contributed by atoms with van der Waals surface area (Å²) in [5.74, 6) is -0.480. The lowest BCUT2D eigenvalue weighted by Crippen LogP contribution is -2.25. The number of nitrogens with two attached hydrogens (primary N) is 1. The largest absolute Gasteiger partial charge is 0.463 e. The van der Waals surface area contributed by atoms with Gasteiger partial charge in [0.15, 0.2) is 0 Å². The van der Waals surface area contributed by atoms with E-state index in [2.05, 4.69) is 22.0 Å². The first kappa shape index (κ1) is 17.6. The molecule has 23 heavy (non-hydrogen) atoms. The van der Waals surface area contributed by atoms with Crippen LogP contribution in [0.2, 0.25) is 0 Å². The fourth-order valence-electron chi connectivity index (χ4n) is 2.43. The molecule has 7 heteroatoms. The van der Waals surface area contributed by atoms with Crippen molar-refractivity contribution >= 4 is 33.2 Å². The highest BCUT2D eigenvalue weighted by atomic mass is 79.9. The number of halogens is 1. The number of carbonyl (C=O) groups excluding carboxylic acids is 1. The second-order valence-corrected chi connectivity index (χ2v) is 6.76. The number of allylic oxidation sites excluding steroid dienone is 2. The van der Waals surface area contributed by atoms with E-state index in [1.54, 1.807) is 6.92 Å². The molecule has 0 amide bonds. The first-order valence-corrected chi connectivity index (χ1v) is 8.92. The zero-order chi connectivity index (χ0) is 17.0. The Bertz CT molecular complexity index is 715. The average molecular weight is 397 g/mol. The summed E-state index contributed by atoms with van der Waals surface area (Å²) in [7, 11) is 0. The lowest BCUT2D eigenvalue weighted by Gasteiger charge is -2.27. The minimum absolute atomic E-state index is 0.0542. The molecule has 122 valence electrons. The van der Waals surface area contributed by atoms with E-state index in [1.807, 2.05) is 18.4 Å². The predicted molar refractivity (Wildman–Crippen MR) is 91.2 cm³/mol. The zero-order valence-corrected chi connectivity index (χ0v) is 15.3. The molecule has 2 N–H and O–H groups in total. The van der Waals surface area contributed by atoms with Crippen molar-refractivity contribution in [3.63, 3.8) is 0 Å². The Balaban J connectivity index is 2.62. The number of nitrogens with zero attached hydrogens (tertiary/aromatic N) is 1. The Kier molecular flexibility index (Phi) is 5.85. The summed E-state index contributed by atoms with van der Waals surface area (Å²) in [6, 6.07) is 3.96. The van der Waals surface area contributed by atoms with E-state index in [0.29, 0.717) is 17.8 Å². The van der Waals surface area contributed by atoms with Crippen LogP contribution in [0.4, 0.5) is 0 Å². The minimum Gasteiger partial charge on any atom is -0.463 e. The molecular formula is C16H17BrN2O3S. The molecule has 0 aromatic carbocycles. The van der Waals surface area contributed by atoms with Gasteiger partial charge in [-0.15, -0.1) is 11.3 Å². The van der Waals surface area contributed by atoms with Crippen molar-refractivity contribution in [2.75, 3.05) is 6.61 Å². The van der Waals surface area contributed by atoms with Crippen LogP contribution in [0.1, 0.15) is 37.5 Å². The number of rotatable bonds is 5. The first-order valence-electron chi connectivity index (χ1n) is 7.25. The van der Waals surface area contributed by atoms with Gasteiger partial charge in [-0.1, -0.05) is 6.92 Å². The molecule has 1 aromatic heterocycles. The molecule has 0 saturated carbocycles. The highest BCUT2D eigenvalue weighted by molar-refractivity contribution is 9.10. The third-order valence-corrected chi connectivity index (χ3v) is 5.10. The summed E-state index contributed by atoms with van der Waals surface area (Å²) < 4.78 is 11.7. The van der Waals surface area contributed by atoms with Crippen molar-refractivity contribution in [1.82, 2.24) is 0 Å². The standard InChI is InChI=1S/C16H17BrN2O3S/c1-3-5-11-14(16(20)21-4-2)13(10(7-18)15(19)22-11)12-6-9(17)8-23-12/h6,8,13H,3-5,19H2,1-2H3. The number of ether oxygens (including phenoxy) is 2. The van der Waals surface area contributed by atoms with Crippen LogP contribution in [0.15, 0.2) is 38.7 Å². The van der Waals surface area contributed by atoms with Crippen LogP contribution in [0.25, 0.3) is 0 Å². The molecule has 5 nitrogen and oxygen atoms in total. The predicted octanol–water partition coefficient (Wildman–Crippen LogP) is 3.94. The fourth-order valence-corrected chi connectivity index (χ4v) is 3.99. The molecule has 0 fully saturated rings. The average Bonchev–Trinajstić information content (AvgIpc) is 2.93. The van der Waals surface area contributed by atoms with E-state index in [0.717, 1.165) is 15.8 Å². The van der Waals surface area contributed by atoms with Crippen molar-refractivity contribution in [3.05, 3.63) is 43.6 Å². The summed E-state index contributed by atoms with van der Waals surface area (Å²) in [6.45, 7) is 3.98. The van der Waals surface area contributed by atoms with Crippen LogP contribution in [0, 0.1) is 11.3 Å². The van der Waals surface area contributed by atoms with Crippen molar-refractivity contribution in [1.29, 1.82) is 5.26 Å². The Hall–Kier alpha value is -1.78. The SMILES string of the molecule is CCCC1=C(C(=O)OCC)C(c2cc(Br)cs2)C(C#N)=C(N)O1. The maximum Gasteiger partial charge on any atom is 0.338 e. The number of carbonyl (C=O) groups is 1. The van der Waals surface area contributed by atoms with Crippen LogP contribution in [-0.4, -0.2) is 12.6 Å². The Labute approximate surface area is 147 Å². The molecule has 1 aliphatic rings. The molecule has 0 radical (unpaired) electrons. The van der Waals surface area contributed by atoms with Gasteiger partial charge in [-0.2, -0.15) is 5.26 Å². The highest BCUT2D eigenvalue weighted by Gasteiger charge is 2.38. The molecule has 2 rings (SSSR count). The molecular weight excluding hydrogens is 380 g/mol. The van der Waals surface area contributed by atoms with E-state index >= 15 is 0 Å². The van der Waals surface area contributed by atoms with Crippen LogP contribution in [0.5, 0.6) is 0 Å². The summed E-state index contributed by atoms with van der Waals surface area (Å²) in [5.41, 5.74) is 6.53. The topological polar surface area (TPSA) is 85.3 Å². The smallest absolute Gasteiger partial charge is 0.338 e. The second kappa shape index (κ2) is 7.66. The number of thiophene rings is 1. The lowest BCUT2D eigenvalue weighted by molar-refractivity contribution is -0.139. The maximum absolute atomic E-state index is 12.5. The molecule has 2 heterocycles. The van der Waals surface area contributed by atoms with E-state index in [4.69, 9.17) is 15.2 Å². The Morgan fingerprint density at radius 2 is 2.30 bits per heavy atom. The number of hydrogen-bond donors (Lipinski definition) is 1. The molecule has 1 aromatic rings. The van der Waals surface area contributed by atoms with E-state index in [1.165, 1.54) is 11.3 Å². The van der Waals surface area contributed by atoms with Crippen molar-refractivity contribution in [3.8, 4) is 6.07 Å². The maximum atomic E-state index is 12.5. The van der Waals surface area contributed by atoms with Crippen LogP contribution >= 0.6 is 27.3 Å². The van der Waals surface area contributed by atoms with Gasteiger partial charge >= 0.3 is 5.97 Å². The molecule has 0 spiro atoms. The zero-order valence-electron chi connectivity index (χ0n) is 12.9. The van der Waals surface area contributed by atoms with Gasteiger partial charge in [-0.05, 0) is 35.3 Å². The molecule has 1 aliphatic heterocycles. The van der Waals surface area contributed by atoms with Gasteiger partial charge in [0.25, 0.3) is 0 Å². The van der Waals surface area contributed by atoms with Gasteiger partial charge in [-0.3, -0.25) is 0 Å². The van der Waals surface area contributed by atoms with E-state index in [-0.39, 0.29) is 18.1 Å². The monoisotopic (exact) mass is 396 g/mol. The quantitative estimate of drug-likeness (QED) is 0.761. The molecule has 0 bridgehead atoms. The van der Waals surface area contributed by atoms with Crippen molar-refractivity contribution in [2.45, 2.75) is 32.6 Å². The second-order valence-electron chi connectivity index (χ2n) is 4.90. The number of hydrogen-bond acceptors (Lipinski definition) is 6. The normalized spacial score (nSPS) is 17.7. The third-order valence-electron chi connectivity index (χ3n) is 3.34. The lowest BCUT2D eigenvalue weighted by atomic mass is 9.86. The highest BCUT2D eigenvalue weighted by Crippen LogP contribution is 2.43. The summed E-state index contributed by atoms with van der Waals surface area (Å²) in [4.78, 5) is 13.3.